The Labute approximate surface area is 154 Å². The van der Waals surface area contributed by atoms with Gasteiger partial charge in [0.15, 0.2) is 0 Å². The second-order valence-electron chi connectivity index (χ2n) is 6.43. The molecule has 1 amide bonds. The minimum absolute atomic E-state index is 0.0530. The minimum atomic E-state index is -0.947. The van der Waals surface area contributed by atoms with Crippen LogP contribution in [-0.2, 0) is 9.59 Å². The first-order valence-electron chi connectivity index (χ1n) is 8.64. The van der Waals surface area contributed by atoms with E-state index in [2.05, 4.69) is 5.32 Å². The van der Waals surface area contributed by atoms with Crippen LogP contribution in [0.2, 0.25) is 0 Å². The zero-order valence-corrected chi connectivity index (χ0v) is 15.3. The minimum Gasteiger partial charge on any atom is -0.496 e. The van der Waals surface area contributed by atoms with Crippen molar-refractivity contribution < 1.29 is 19.4 Å². The Balaban J connectivity index is 2.13. The van der Waals surface area contributed by atoms with Crippen molar-refractivity contribution in [1.29, 1.82) is 0 Å². The first-order valence-corrected chi connectivity index (χ1v) is 8.64. The van der Waals surface area contributed by atoms with Gasteiger partial charge >= 0.3 is 5.97 Å². The highest BCUT2D eigenvalue weighted by Crippen LogP contribution is 2.29. The number of hydrogen-bond acceptors (Lipinski definition) is 3. The molecular weight excluding hydrogens is 330 g/mol. The first-order chi connectivity index (χ1) is 12.4. The number of ether oxygens (including phenoxy) is 1. The fourth-order valence-electron chi connectivity index (χ4n) is 2.99. The molecule has 0 saturated heterocycles. The molecule has 2 aromatic carbocycles. The van der Waals surface area contributed by atoms with Crippen molar-refractivity contribution in [3.05, 3.63) is 65.7 Å². The van der Waals surface area contributed by atoms with Gasteiger partial charge in [0.05, 0.1) is 19.1 Å². The number of carboxylic acids is 1. The summed E-state index contributed by atoms with van der Waals surface area (Å²) in [5.41, 5.74) is 1.73. The van der Waals surface area contributed by atoms with E-state index in [0.717, 1.165) is 16.9 Å². The van der Waals surface area contributed by atoms with Crippen molar-refractivity contribution in [1.82, 2.24) is 5.32 Å². The molecule has 0 aromatic heterocycles. The summed E-state index contributed by atoms with van der Waals surface area (Å²) in [6.07, 6.45) is 0.246. The highest BCUT2D eigenvalue weighted by atomic mass is 16.5. The Bertz CT molecular complexity index is 745. The summed E-state index contributed by atoms with van der Waals surface area (Å²) >= 11 is 0. The first kappa shape index (κ1) is 19.5. The van der Waals surface area contributed by atoms with E-state index in [4.69, 9.17) is 4.74 Å². The number of carbonyl (C=O) groups is 2. The molecule has 138 valence electrons. The molecule has 0 spiro atoms. The average Bonchev–Trinajstić information content (AvgIpc) is 2.66. The number of benzene rings is 2. The molecule has 5 heteroatoms. The van der Waals surface area contributed by atoms with Crippen LogP contribution in [0.25, 0.3) is 0 Å². The van der Waals surface area contributed by atoms with Crippen LogP contribution < -0.4 is 10.1 Å². The van der Waals surface area contributed by atoms with Gasteiger partial charge in [0, 0.05) is 6.42 Å². The second kappa shape index (κ2) is 9.04. The van der Waals surface area contributed by atoms with Crippen molar-refractivity contribution in [3.8, 4) is 5.75 Å². The molecule has 0 aliphatic rings. The van der Waals surface area contributed by atoms with E-state index in [-0.39, 0.29) is 18.2 Å². The molecule has 0 fully saturated rings. The maximum absolute atomic E-state index is 12.6. The molecule has 0 saturated carbocycles. The van der Waals surface area contributed by atoms with Gasteiger partial charge in [0.25, 0.3) is 0 Å². The standard InChI is InChI=1S/C21H25NO4/c1-14(17-11-7-8-12-18(17)26-3)13-19(23)22-20(15(2)21(24)25)16-9-5-4-6-10-16/h4-12,14-15,20H,13H2,1-3H3,(H,22,23)(H,24,25). The number of para-hydroxylation sites is 1. The van der Waals surface area contributed by atoms with E-state index >= 15 is 0 Å². The van der Waals surface area contributed by atoms with Gasteiger partial charge in [-0.1, -0.05) is 55.5 Å². The smallest absolute Gasteiger partial charge is 0.308 e. The van der Waals surface area contributed by atoms with Crippen molar-refractivity contribution in [2.75, 3.05) is 7.11 Å². The molecule has 2 aromatic rings. The third-order valence-electron chi connectivity index (χ3n) is 4.53. The van der Waals surface area contributed by atoms with Crippen molar-refractivity contribution in [2.45, 2.75) is 32.2 Å². The number of methoxy groups -OCH3 is 1. The molecule has 5 nitrogen and oxygen atoms in total. The Morgan fingerprint density at radius 3 is 2.27 bits per heavy atom. The molecule has 3 atom stereocenters. The average molecular weight is 355 g/mol. The topological polar surface area (TPSA) is 75.6 Å². The van der Waals surface area contributed by atoms with Gasteiger partial charge < -0.3 is 15.2 Å². The number of aliphatic carboxylic acids is 1. The van der Waals surface area contributed by atoms with Crippen LogP contribution in [0.15, 0.2) is 54.6 Å². The molecule has 3 unspecified atom stereocenters. The van der Waals surface area contributed by atoms with Crippen LogP contribution in [0.4, 0.5) is 0 Å². The summed E-state index contributed by atoms with van der Waals surface area (Å²) in [5, 5.41) is 12.3. The largest absolute Gasteiger partial charge is 0.496 e. The van der Waals surface area contributed by atoms with Crippen molar-refractivity contribution in [3.63, 3.8) is 0 Å². The van der Waals surface area contributed by atoms with E-state index in [0.29, 0.717) is 0 Å². The Morgan fingerprint density at radius 2 is 1.65 bits per heavy atom. The summed E-state index contributed by atoms with van der Waals surface area (Å²) < 4.78 is 5.36. The van der Waals surface area contributed by atoms with Crippen molar-refractivity contribution >= 4 is 11.9 Å². The number of hydrogen-bond donors (Lipinski definition) is 2. The molecular formula is C21H25NO4. The predicted octanol–water partition coefficient (Wildman–Crippen LogP) is 3.77. The van der Waals surface area contributed by atoms with Crippen LogP contribution in [0.1, 0.15) is 43.4 Å². The number of amides is 1. The van der Waals surface area contributed by atoms with E-state index in [1.54, 1.807) is 14.0 Å². The molecule has 0 heterocycles. The van der Waals surface area contributed by atoms with Crippen LogP contribution in [-0.4, -0.2) is 24.1 Å². The van der Waals surface area contributed by atoms with E-state index in [1.165, 1.54) is 0 Å². The third kappa shape index (κ3) is 4.85. The van der Waals surface area contributed by atoms with Gasteiger partial charge in [0.1, 0.15) is 5.75 Å². The van der Waals surface area contributed by atoms with Crippen molar-refractivity contribution in [2.24, 2.45) is 5.92 Å². The fourth-order valence-corrected chi connectivity index (χ4v) is 2.99. The zero-order valence-electron chi connectivity index (χ0n) is 15.3. The summed E-state index contributed by atoms with van der Waals surface area (Å²) in [6.45, 7) is 3.56. The Morgan fingerprint density at radius 1 is 1.04 bits per heavy atom. The van der Waals surface area contributed by atoms with Gasteiger partial charge in [-0.2, -0.15) is 0 Å². The summed E-state index contributed by atoms with van der Waals surface area (Å²) in [4.78, 5) is 24.0. The lowest BCUT2D eigenvalue weighted by molar-refractivity contribution is -0.142. The molecule has 0 bridgehead atoms. The summed E-state index contributed by atoms with van der Waals surface area (Å²) in [6, 6.07) is 16.2. The molecule has 0 radical (unpaired) electrons. The summed E-state index contributed by atoms with van der Waals surface area (Å²) in [7, 11) is 1.60. The van der Waals surface area contributed by atoms with E-state index in [9.17, 15) is 14.7 Å². The number of carboxylic acid groups (broad SMARTS) is 1. The maximum atomic E-state index is 12.6. The van der Waals surface area contributed by atoms with Gasteiger partial charge in [-0.25, -0.2) is 0 Å². The quantitative estimate of drug-likeness (QED) is 0.756. The SMILES string of the molecule is COc1ccccc1C(C)CC(=O)NC(c1ccccc1)C(C)C(=O)O. The van der Waals surface area contributed by atoms with Crippen LogP contribution >= 0.6 is 0 Å². The van der Waals surface area contributed by atoms with Gasteiger partial charge in [-0.3, -0.25) is 9.59 Å². The van der Waals surface area contributed by atoms with Crippen LogP contribution in [0.3, 0.4) is 0 Å². The fraction of sp³-hybridized carbons (Fsp3) is 0.333. The Kier molecular flexibility index (Phi) is 6.78. The van der Waals surface area contributed by atoms with Crippen LogP contribution in [0.5, 0.6) is 5.75 Å². The zero-order chi connectivity index (χ0) is 19.1. The molecule has 26 heavy (non-hydrogen) atoms. The number of nitrogens with one attached hydrogen (secondary N) is 1. The van der Waals surface area contributed by atoms with E-state index < -0.39 is 17.9 Å². The molecule has 0 aliphatic heterocycles. The normalized spacial score (nSPS) is 14.1. The maximum Gasteiger partial charge on any atom is 0.308 e. The second-order valence-corrected chi connectivity index (χ2v) is 6.43. The predicted molar refractivity (Wildman–Crippen MR) is 100 cm³/mol. The lowest BCUT2D eigenvalue weighted by Crippen LogP contribution is -2.36. The lowest BCUT2D eigenvalue weighted by Gasteiger charge is -2.24. The molecule has 2 rings (SSSR count). The third-order valence-corrected chi connectivity index (χ3v) is 4.53. The van der Waals surface area contributed by atoms with Gasteiger partial charge in [-0.05, 0) is 30.0 Å². The monoisotopic (exact) mass is 355 g/mol. The lowest BCUT2D eigenvalue weighted by atomic mass is 9.93. The Hall–Kier alpha value is -2.82. The number of rotatable bonds is 8. The highest BCUT2D eigenvalue weighted by Gasteiger charge is 2.27. The molecule has 0 aliphatic carbocycles. The number of carbonyl (C=O) groups excluding carboxylic acids is 1. The van der Waals surface area contributed by atoms with E-state index in [1.807, 2.05) is 61.5 Å². The highest BCUT2D eigenvalue weighted by molar-refractivity contribution is 5.79. The van der Waals surface area contributed by atoms with Gasteiger partial charge in [-0.15, -0.1) is 0 Å². The van der Waals surface area contributed by atoms with Gasteiger partial charge in [0.2, 0.25) is 5.91 Å². The summed E-state index contributed by atoms with van der Waals surface area (Å²) in [5.74, 6) is -1.18. The van der Waals surface area contributed by atoms with Crippen LogP contribution in [0, 0.1) is 5.92 Å². The molecule has 2 N–H and O–H groups in total.